The Balaban J connectivity index is 0.000000198. The number of benzene rings is 5. The van der Waals surface area contributed by atoms with E-state index in [0.29, 0.717) is 28.7 Å². The lowest BCUT2D eigenvalue weighted by atomic mass is 9.53. The van der Waals surface area contributed by atoms with Crippen LogP contribution < -0.4 is 21.7 Å². The largest absolute Gasteiger partial charge is 0.478 e. The maximum atomic E-state index is 14.8. The molecular formula is C49H50F2N4O6. The van der Waals surface area contributed by atoms with Crippen LogP contribution in [0.15, 0.2) is 161 Å². The van der Waals surface area contributed by atoms with Crippen LogP contribution in [0.1, 0.15) is 49.9 Å². The Morgan fingerprint density at radius 2 is 1.15 bits per heavy atom. The number of nitrogens with one attached hydrogen (secondary N) is 1. The minimum absolute atomic E-state index is 0.0498. The van der Waals surface area contributed by atoms with E-state index in [1.807, 2.05) is 68.4 Å². The highest BCUT2D eigenvalue weighted by Gasteiger charge is 2.59. The van der Waals surface area contributed by atoms with Crippen LogP contribution in [0.5, 0.6) is 0 Å². The van der Waals surface area contributed by atoms with E-state index in [1.54, 1.807) is 30.7 Å². The smallest absolute Gasteiger partial charge is 0.328 e. The highest BCUT2D eigenvalue weighted by atomic mass is 19.1. The number of anilines is 1. The predicted octanol–water partition coefficient (Wildman–Crippen LogP) is 8.97. The number of hydrogen-bond donors (Lipinski definition) is 5. The molecule has 61 heavy (non-hydrogen) atoms. The summed E-state index contributed by atoms with van der Waals surface area (Å²) in [6, 6.07) is 39.8. The van der Waals surface area contributed by atoms with Gasteiger partial charge in [0, 0.05) is 65.1 Å². The van der Waals surface area contributed by atoms with E-state index in [0.717, 1.165) is 53.0 Å². The molecule has 1 fully saturated rings. The van der Waals surface area contributed by atoms with Gasteiger partial charge in [0.15, 0.2) is 5.58 Å². The van der Waals surface area contributed by atoms with Gasteiger partial charge in [0.25, 0.3) is 0 Å². The SMILES string of the molecule is CC(C)(c1cc(F)cc2ccoc12)C(N)(N)C(c1ccccc1)(c1ccccc1)c1ccccc1.CC1(C)CNCCN1c1cc(F)cc2ccoc12.O=C(O)C=CC(=O)O. The Kier molecular flexibility index (Phi) is 12.9. The van der Waals surface area contributed by atoms with Crippen molar-refractivity contribution in [2.75, 3.05) is 24.5 Å². The van der Waals surface area contributed by atoms with Crippen LogP contribution in [0.4, 0.5) is 14.5 Å². The Hall–Kier alpha value is -6.60. The van der Waals surface area contributed by atoms with Gasteiger partial charge in [-0.05, 0) is 60.9 Å². The van der Waals surface area contributed by atoms with E-state index >= 15 is 0 Å². The topological polar surface area (TPSA) is 168 Å². The van der Waals surface area contributed by atoms with E-state index in [-0.39, 0.29) is 17.2 Å². The molecule has 0 spiro atoms. The number of carboxylic acids is 2. The molecule has 2 aromatic heterocycles. The second-order valence-corrected chi connectivity index (χ2v) is 16.0. The average Bonchev–Trinajstić information content (AvgIpc) is 3.91. The van der Waals surface area contributed by atoms with E-state index in [2.05, 4.69) is 60.5 Å². The third kappa shape index (κ3) is 8.83. The summed E-state index contributed by atoms with van der Waals surface area (Å²) in [7, 11) is 0. The van der Waals surface area contributed by atoms with Crippen molar-refractivity contribution >= 4 is 39.6 Å². The molecule has 0 saturated carbocycles. The van der Waals surface area contributed by atoms with Gasteiger partial charge in [-0.2, -0.15) is 0 Å². The highest BCUT2D eigenvalue weighted by Crippen LogP contribution is 2.52. The standard InChI is InChI=1S/C31H29FN2O.C14H17FN2O.C4H4O4/c1-29(2,27-21-26(32)20-22-18-19-35-28(22)27)31(33,34)30(23-12-6-3-7-13-23,24-14-8-4-9-15-24)25-16-10-5-11-17-25;1-14(2)9-16-4-5-17(14)12-8-11(15)7-10-3-6-18-13(10)12;5-3(6)1-2-4(7)8/h3-21H,33-34H2,1-2H3;3,6-8,16H,4-5,9H2,1-2H3;1-2H,(H,5,6)(H,7,8). The molecule has 7 N–H and O–H groups in total. The van der Waals surface area contributed by atoms with E-state index in [4.69, 9.17) is 30.5 Å². The van der Waals surface area contributed by atoms with Crippen LogP contribution in [0, 0.1) is 11.6 Å². The number of carboxylic acid groups (broad SMARTS) is 2. The normalized spacial score (nSPS) is 14.3. The third-order valence-electron chi connectivity index (χ3n) is 11.4. The Morgan fingerprint density at radius 3 is 1.61 bits per heavy atom. The van der Waals surface area contributed by atoms with Crippen molar-refractivity contribution in [2.45, 2.75) is 49.7 Å². The van der Waals surface area contributed by atoms with Gasteiger partial charge in [0.05, 0.1) is 29.3 Å². The number of aliphatic carboxylic acids is 2. The summed E-state index contributed by atoms with van der Waals surface area (Å²) >= 11 is 0. The van der Waals surface area contributed by atoms with Gasteiger partial charge in [-0.25, -0.2) is 18.4 Å². The maximum Gasteiger partial charge on any atom is 0.328 e. The van der Waals surface area contributed by atoms with Crippen molar-refractivity contribution in [1.82, 2.24) is 5.32 Å². The number of furan rings is 2. The van der Waals surface area contributed by atoms with Crippen LogP contribution in [0.25, 0.3) is 21.9 Å². The molecule has 0 aliphatic carbocycles. The molecule has 8 rings (SSSR count). The van der Waals surface area contributed by atoms with Gasteiger partial charge in [-0.15, -0.1) is 0 Å². The minimum atomic E-state index is -1.45. The molecule has 10 nitrogen and oxygen atoms in total. The first-order valence-electron chi connectivity index (χ1n) is 19.7. The highest BCUT2D eigenvalue weighted by molar-refractivity contribution is 5.90. The molecule has 316 valence electrons. The van der Waals surface area contributed by atoms with Gasteiger partial charge >= 0.3 is 11.9 Å². The molecule has 1 aliphatic rings. The van der Waals surface area contributed by atoms with Crippen molar-refractivity contribution in [1.29, 1.82) is 0 Å². The molecule has 1 aliphatic heterocycles. The van der Waals surface area contributed by atoms with E-state index in [9.17, 15) is 18.4 Å². The van der Waals surface area contributed by atoms with Gasteiger partial charge in [-0.3, -0.25) is 0 Å². The second kappa shape index (κ2) is 17.9. The summed E-state index contributed by atoms with van der Waals surface area (Å²) in [6.45, 7) is 10.9. The number of fused-ring (bicyclic) bond motifs is 2. The molecule has 7 aromatic rings. The quantitative estimate of drug-likeness (QED) is 0.0538. The molecule has 12 heteroatoms. The van der Waals surface area contributed by atoms with Crippen LogP contribution in [-0.4, -0.2) is 53.0 Å². The molecule has 1 saturated heterocycles. The monoisotopic (exact) mass is 828 g/mol. The van der Waals surface area contributed by atoms with E-state index in [1.165, 1.54) is 18.2 Å². The third-order valence-corrected chi connectivity index (χ3v) is 11.4. The zero-order valence-electron chi connectivity index (χ0n) is 34.4. The average molecular weight is 829 g/mol. The van der Waals surface area contributed by atoms with Gasteiger partial charge < -0.3 is 40.7 Å². The molecule has 0 bridgehead atoms. The zero-order chi connectivity index (χ0) is 44.0. The van der Waals surface area contributed by atoms with Crippen molar-refractivity contribution in [2.24, 2.45) is 11.5 Å². The minimum Gasteiger partial charge on any atom is -0.478 e. The summed E-state index contributed by atoms with van der Waals surface area (Å²) in [6.07, 6.45) is 4.30. The predicted molar refractivity (Wildman–Crippen MR) is 234 cm³/mol. The van der Waals surface area contributed by atoms with Crippen molar-refractivity contribution in [3.05, 3.63) is 186 Å². The molecule has 3 heterocycles. The Morgan fingerprint density at radius 1 is 0.705 bits per heavy atom. The van der Waals surface area contributed by atoms with Crippen LogP contribution in [0.3, 0.4) is 0 Å². The first-order chi connectivity index (χ1) is 29.0. The van der Waals surface area contributed by atoms with Crippen molar-refractivity contribution in [3.63, 3.8) is 0 Å². The van der Waals surface area contributed by atoms with Crippen LogP contribution in [0.2, 0.25) is 0 Å². The Labute approximate surface area is 353 Å². The molecule has 0 radical (unpaired) electrons. The lowest BCUT2D eigenvalue weighted by molar-refractivity contribution is -0.134. The molecule has 5 aromatic carbocycles. The first-order valence-corrected chi connectivity index (χ1v) is 19.7. The number of rotatable bonds is 9. The number of nitrogens with zero attached hydrogens (tertiary/aromatic N) is 1. The molecule has 0 unspecified atom stereocenters. The molecular weight excluding hydrogens is 779 g/mol. The lowest BCUT2D eigenvalue weighted by Gasteiger charge is -2.55. The maximum absolute atomic E-state index is 14.8. The molecule has 0 atom stereocenters. The summed E-state index contributed by atoms with van der Waals surface area (Å²) in [5.74, 6) is -3.09. The van der Waals surface area contributed by atoms with Crippen LogP contribution in [-0.2, 0) is 20.4 Å². The number of hydrogen-bond acceptors (Lipinski definition) is 8. The summed E-state index contributed by atoms with van der Waals surface area (Å²) in [4.78, 5) is 21.3. The fourth-order valence-corrected chi connectivity index (χ4v) is 8.28. The van der Waals surface area contributed by atoms with E-state index < -0.39 is 28.4 Å². The lowest BCUT2D eigenvalue weighted by Crippen LogP contribution is -2.74. The fourth-order valence-electron chi connectivity index (χ4n) is 8.28. The fraction of sp³-hybridized carbons (Fsp3) is 0.224. The van der Waals surface area contributed by atoms with Crippen molar-refractivity contribution in [3.8, 4) is 0 Å². The van der Waals surface area contributed by atoms with Gasteiger partial charge in [-0.1, -0.05) is 105 Å². The summed E-state index contributed by atoms with van der Waals surface area (Å²) < 4.78 is 39.9. The zero-order valence-corrected chi connectivity index (χ0v) is 34.4. The van der Waals surface area contributed by atoms with Gasteiger partial charge in [0.1, 0.15) is 17.2 Å². The number of nitrogens with two attached hydrogens (primary N) is 2. The first kappa shape index (κ1) is 44.0. The second-order valence-electron chi connectivity index (χ2n) is 16.0. The van der Waals surface area contributed by atoms with Crippen LogP contribution >= 0.6 is 0 Å². The number of carbonyl (C=O) groups is 2. The molecule has 0 amide bonds. The van der Waals surface area contributed by atoms with Gasteiger partial charge in [0.2, 0.25) is 0 Å². The summed E-state index contributed by atoms with van der Waals surface area (Å²) in [5.41, 5.74) is 17.1. The Bertz CT molecular complexity index is 2510. The number of piperazine rings is 1. The summed E-state index contributed by atoms with van der Waals surface area (Å²) in [5, 5.41) is 20.5. The number of halogens is 2. The van der Waals surface area contributed by atoms with Crippen molar-refractivity contribution < 1.29 is 37.4 Å².